The number of carbonyl (C=O) groups excluding carboxylic acids is 1. The molecule has 3 rings (SSSR count). The molecular weight excluding hydrogens is 304 g/mol. The number of aryl methyl sites for hydroxylation is 1. The third kappa shape index (κ3) is 2.23. The lowest BCUT2D eigenvalue weighted by molar-refractivity contribution is -0.384. The smallest absolute Gasteiger partial charge is 0.270 e. The van der Waals surface area contributed by atoms with E-state index in [4.69, 9.17) is 0 Å². The van der Waals surface area contributed by atoms with Gasteiger partial charge in [0.2, 0.25) is 0 Å². The molecule has 0 aliphatic rings. The first-order chi connectivity index (χ1) is 10.5. The number of imidazole rings is 1. The summed E-state index contributed by atoms with van der Waals surface area (Å²) in [5, 5.41) is 13.4. The molecule has 1 aromatic carbocycles. The summed E-state index contributed by atoms with van der Waals surface area (Å²) in [5.41, 5.74) is 2.13. The minimum absolute atomic E-state index is 0.0247. The van der Waals surface area contributed by atoms with Crippen LogP contribution in [-0.4, -0.2) is 27.3 Å². The quantitative estimate of drug-likeness (QED) is 0.594. The van der Waals surface area contributed by atoms with Crippen LogP contribution in [0.3, 0.4) is 0 Å². The minimum Gasteiger partial charge on any atom is -0.354 e. The van der Waals surface area contributed by atoms with Crippen molar-refractivity contribution in [3.05, 3.63) is 51.1 Å². The van der Waals surface area contributed by atoms with Crippen molar-refractivity contribution in [3.8, 4) is 11.3 Å². The molecule has 0 fully saturated rings. The van der Waals surface area contributed by atoms with Gasteiger partial charge in [-0.2, -0.15) is 0 Å². The molecule has 0 atom stereocenters. The third-order valence-electron chi connectivity index (χ3n) is 3.34. The lowest BCUT2D eigenvalue weighted by Gasteiger charge is -1.98. The van der Waals surface area contributed by atoms with Gasteiger partial charge in [0, 0.05) is 36.6 Å². The lowest BCUT2D eigenvalue weighted by atomic mass is 10.1. The molecule has 8 heteroatoms. The number of hydrogen-bond acceptors (Lipinski definition) is 5. The van der Waals surface area contributed by atoms with Crippen molar-refractivity contribution in [1.29, 1.82) is 0 Å². The van der Waals surface area contributed by atoms with E-state index in [0.717, 1.165) is 5.69 Å². The molecule has 7 nitrogen and oxygen atoms in total. The van der Waals surface area contributed by atoms with Crippen LogP contribution in [0.15, 0.2) is 30.5 Å². The van der Waals surface area contributed by atoms with Gasteiger partial charge in [-0.1, -0.05) is 23.5 Å². The maximum Gasteiger partial charge on any atom is 0.270 e. The molecule has 2 heterocycles. The molecule has 0 aliphatic carbocycles. The number of amides is 1. The molecule has 1 N–H and O–H groups in total. The number of benzene rings is 1. The van der Waals surface area contributed by atoms with E-state index in [1.54, 1.807) is 25.4 Å². The standard InChI is InChI=1S/C14H12N4O3S/c1-8-12(13(19)15-2)22-14-16-11(7-17(8)14)9-4-3-5-10(6-9)18(20)21/h3-7H,1-2H3,(H,15,19). The zero-order valence-corrected chi connectivity index (χ0v) is 12.7. The number of non-ortho nitro benzene ring substituents is 1. The number of nitro groups is 1. The zero-order valence-electron chi connectivity index (χ0n) is 11.9. The Morgan fingerprint density at radius 3 is 2.86 bits per heavy atom. The highest BCUT2D eigenvalue weighted by Crippen LogP contribution is 2.28. The van der Waals surface area contributed by atoms with Crippen LogP contribution in [0.5, 0.6) is 0 Å². The summed E-state index contributed by atoms with van der Waals surface area (Å²) in [4.78, 5) is 27.9. The molecule has 0 spiro atoms. The van der Waals surface area contributed by atoms with Crippen LogP contribution < -0.4 is 5.32 Å². The highest BCUT2D eigenvalue weighted by Gasteiger charge is 2.17. The molecule has 22 heavy (non-hydrogen) atoms. The maximum atomic E-state index is 11.8. The summed E-state index contributed by atoms with van der Waals surface area (Å²) in [6, 6.07) is 6.33. The van der Waals surface area contributed by atoms with Crippen molar-refractivity contribution in [1.82, 2.24) is 14.7 Å². The van der Waals surface area contributed by atoms with Gasteiger partial charge in [-0.05, 0) is 6.92 Å². The van der Waals surface area contributed by atoms with Crippen molar-refractivity contribution in [2.24, 2.45) is 0 Å². The van der Waals surface area contributed by atoms with Crippen molar-refractivity contribution >= 4 is 27.9 Å². The summed E-state index contributed by atoms with van der Waals surface area (Å²) in [7, 11) is 1.58. The Kier molecular flexibility index (Phi) is 3.38. The number of aromatic nitrogens is 2. The van der Waals surface area contributed by atoms with Crippen LogP contribution in [0.2, 0.25) is 0 Å². The molecule has 0 saturated heterocycles. The predicted octanol–water partition coefficient (Wildman–Crippen LogP) is 2.64. The highest BCUT2D eigenvalue weighted by molar-refractivity contribution is 7.19. The first-order valence-electron chi connectivity index (χ1n) is 6.46. The first kappa shape index (κ1) is 14.2. The number of thiazole rings is 1. The number of hydrogen-bond donors (Lipinski definition) is 1. The fraction of sp³-hybridized carbons (Fsp3) is 0.143. The minimum atomic E-state index is -0.434. The van der Waals surface area contributed by atoms with Crippen molar-refractivity contribution in [2.45, 2.75) is 6.92 Å². The SMILES string of the molecule is CNC(=O)c1sc2nc(-c3cccc([N+](=O)[O-])c3)cn2c1C. The van der Waals surface area contributed by atoms with Gasteiger partial charge in [-0.25, -0.2) is 4.98 Å². The largest absolute Gasteiger partial charge is 0.354 e. The maximum absolute atomic E-state index is 11.8. The Balaban J connectivity index is 2.08. The Morgan fingerprint density at radius 1 is 1.45 bits per heavy atom. The molecule has 0 radical (unpaired) electrons. The fourth-order valence-corrected chi connectivity index (χ4v) is 3.25. The number of carbonyl (C=O) groups is 1. The molecule has 0 aliphatic heterocycles. The van der Waals surface area contributed by atoms with Gasteiger partial charge in [-0.15, -0.1) is 0 Å². The van der Waals surface area contributed by atoms with Gasteiger partial charge in [0.15, 0.2) is 4.96 Å². The third-order valence-corrected chi connectivity index (χ3v) is 4.50. The topological polar surface area (TPSA) is 89.5 Å². The normalized spacial score (nSPS) is 10.8. The van der Waals surface area contributed by atoms with Crippen LogP contribution in [-0.2, 0) is 0 Å². The molecule has 2 aromatic heterocycles. The molecule has 3 aromatic rings. The lowest BCUT2D eigenvalue weighted by Crippen LogP contribution is -2.17. The van der Waals surface area contributed by atoms with Gasteiger partial charge < -0.3 is 5.32 Å². The van der Waals surface area contributed by atoms with E-state index in [1.165, 1.54) is 23.5 Å². The van der Waals surface area contributed by atoms with E-state index in [1.807, 2.05) is 11.3 Å². The van der Waals surface area contributed by atoms with Gasteiger partial charge in [-0.3, -0.25) is 19.3 Å². The van der Waals surface area contributed by atoms with Crippen LogP contribution >= 0.6 is 11.3 Å². The predicted molar refractivity (Wildman–Crippen MR) is 83.3 cm³/mol. The summed E-state index contributed by atoms with van der Waals surface area (Å²) >= 11 is 1.29. The second-order valence-corrected chi connectivity index (χ2v) is 5.66. The van der Waals surface area contributed by atoms with Crippen LogP contribution in [0.1, 0.15) is 15.4 Å². The second kappa shape index (κ2) is 5.23. The average Bonchev–Trinajstić information content (AvgIpc) is 3.06. The van der Waals surface area contributed by atoms with Crippen molar-refractivity contribution in [3.63, 3.8) is 0 Å². The summed E-state index contributed by atoms with van der Waals surface area (Å²) in [6.45, 7) is 1.84. The van der Waals surface area contributed by atoms with E-state index in [2.05, 4.69) is 10.3 Å². The second-order valence-electron chi connectivity index (χ2n) is 4.68. The Labute approximate surface area is 129 Å². The first-order valence-corrected chi connectivity index (χ1v) is 7.28. The molecule has 0 saturated carbocycles. The summed E-state index contributed by atoms with van der Waals surface area (Å²) in [5.74, 6) is -0.148. The number of fused-ring (bicyclic) bond motifs is 1. The zero-order chi connectivity index (χ0) is 15.9. The van der Waals surface area contributed by atoms with Crippen LogP contribution in [0.25, 0.3) is 16.2 Å². The Hall–Kier alpha value is -2.74. The van der Waals surface area contributed by atoms with E-state index < -0.39 is 4.92 Å². The van der Waals surface area contributed by atoms with Crippen molar-refractivity contribution < 1.29 is 9.72 Å². The Morgan fingerprint density at radius 2 is 2.23 bits per heavy atom. The molecule has 112 valence electrons. The number of nitrogens with zero attached hydrogens (tertiary/aromatic N) is 3. The van der Waals surface area contributed by atoms with Gasteiger partial charge in [0.05, 0.1) is 10.6 Å². The van der Waals surface area contributed by atoms with Gasteiger partial charge in [0.1, 0.15) is 4.88 Å². The van der Waals surface area contributed by atoms with E-state index in [0.29, 0.717) is 21.1 Å². The van der Waals surface area contributed by atoms with Gasteiger partial charge in [0.25, 0.3) is 11.6 Å². The number of nitrogens with one attached hydrogen (secondary N) is 1. The van der Waals surface area contributed by atoms with Crippen LogP contribution in [0.4, 0.5) is 5.69 Å². The van der Waals surface area contributed by atoms with E-state index in [-0.39, 0.29) is 11.6 Å². The number of rotatable bonds is 3. The fourth-order valence-electron chi connectivity index (χ4n) is 2.19. The molecule has 1 amide bonds. The Bertz CT molecular complexity index is 897. The molecule has 0 bridgehead atoms. The summed E-state index contributed by atoms with van der Waals surface area (Å²) < 4.78 is 1.82. The molecule has 0 unspecified atom stereocenters. The van der Waals surface area contributed by atoms with Gasteiger partial charge >= 0.3 is 0 Å². The van der Waals surface area contributed by atoms with E-state index >= 15 is 0 Å². The van der Waals surface area contributed by atoms with Crippen LogP contribution in [0, 0.1) is 17.0 Å². The van der Waals surface area contributed by atoms with E-state index in [9.17, 15) is 14.9 Å². The monoisotopic (exact) mass is 316 g/mol. The number of nitro benzene ring substituents is 1. The average molecular weight is 316 g/mol. The van der Waals surface area contributed by atoms with Crippen molar-refractivity contribution in [2.75, 3.05) is 7.05 Å². The molecular formula is C14H12N4O3S. The summed E-state index contributed by atoms with van der Waals surface area (Å²) in [6.07, 6.45) is 1.78. The highest BCUT2D eigenvalue weighted by atomic mass is 32.1.